The Morgan fingerprint density at radius 1 is 1.16 bits per heavy atom. The van der Waals surface area contributed by atoms with E-state index < -0.39 is 0 Å². The second-order valence-corrected chi connectivity index (χ2v) is 8.38. The predicted octanol–water partition coefficient (Wildman–Crippen LogP) is 6.47. The molecule has 1 saturated carbocycles. The van der Waals surface area contributed by atoms with E-state index >= 15 is 0 Å². The zero-order chi connectivity index (χ0) is 14.2. The van der Waals surface area contributed by atoms with E-state index in [2.05, 4.69) is 42.8 Å². The van der Waals surface area contributed by atoms with Gasteiger partial charge in [0.25, 0.3) is 0 Å². The van der Waals surface area contributed by atoms with Crippen molar-refractivity contribution in [2.24, 2.45) is 11.8 Å². The molecule has 0 amide bonds. The van der Waals surface area contributed by atoms with Gasteiger partial charge < -0.3 is 0 Å². The molecular weight excluding hydrogens is 343 g/mol. The van der Waals surface area contributed by atoms with Crippen molar-refractivity contribution in [3.05, 3.63) is 33.8 Å². The Balaban J connectivity index is 2.28. The number of benzene rings is 1. The molecule has 0 heterocycles. The molecule has 1 aromatic rings. The minimum Gasteiger partial charge on any atom is -0.0887 e. The van der Waals surface area contributed by atoms with Gasteiger partial charge in [-0.3, -0.25) is 0 Å². The number of rotatable bonds is 2. The number of halogens is 3. The maximum atomic E-state index is 6.17. The zero-order valence-corrected chi connectivity index (χ0v) is 14.8. The summed E-state index contributed by atoms with van der Waals surface area (Å²) >= 11 is 16.1. The van der Waals surface area contributed by atoms with Crippen LogP contribution in [0.2, 0.25) is 10.0 Å². The first-order chi connectivity index (χ1) is 8.82. The van der Waals surface area contributed by atoms with E-state index in [4.69, 9.17) is 23.2 Å². The maximum absolute atomic E-state index is 6.17. The van der Waals surface area contributed by atoms with Gasteiger partial charge >= 0.3 is 0 Å². The van der Waals surface area contributed by atoms with Gasteiger partial charge in [0.2, 0.25) is 0 Å². The molecule has 0 aromatic heterocycles. The molecule has 0 bridgehead atoms. The fourth-order valence-electron chi connectivity index (χ4n) is 3.24. The van der Waals surface area contributed by atoms with E-state index in [-0.39, 0.29) is 5.41 Å². The van der Waals surface area contributed by atoms with Crippen molar-refractivity contribution in [2.75, 3.05) is 0 Å². The number of hydrogen-bond donors (Lipinski definition) is 0. The lowest BCUT2D eigenvalue weighted by molar-refractivity contribution is 0.214. The smallest absolute Gasteiger partial charge is 0.0595 e. The van der Waals surface area contributed by atoms with Crippen LogP contribution in [0.4, 0.5) is 0 Å². The van der Waals surface area contributed by atoms with Crippen LogP contribution in [-0.4, -0.2) is 4.83 Å². The van der Waals surface area contributed by atoms with Gasteiger partial charge in [0.15, 0.2) is 0 Å². The molecule has 1 fully saturated rings. The Hall–Kier alpha value is 0.280. The van der Waals surface area contributed by atoms with E-state index in [0.717, 1.165) is 5.92 Å². The molecule has 1 aliphatic carbocycles. The second-order valence-electron chi connectivity index (χ2n) is 6.39. The van der Waals surface area contributed by atoms with Gasteiger partial charge in [0.05, 0.1) is 10.0 Å². The van der Waals surface area contributed by atoms with Gasteiger partial charge in [-0.15, -0.1) is 0 Å². The second kappa shape index (κ2) is 5.95. The van der Waals surface area contributed by atoms with Crippen molar-refractivity contribution in [1.29, 1.82) is 0 Å². The highest BCUT2D eigenvalue weighted by Gasteiger charge is 2.38. The van der Waals surface area contributed by atoms with Crippen LogP contribution < -0.4 is 0 Å². The molecule has 3 atom stereocenters. The molecule has 19 heavy (non-hydrogen) atoms. The molecule has 0 aliphatic heterocycles. The van der Waals surface area contributed by atoms with E-state index in [1.807, 2.05) is 12.1 Å². The predicted molar refractivity (Wildman–Crippen MR) is 88.7 cm³/mol. The van der Waals surface area contributed by atoms with Crippen molar-refractivity contribution in [2.45, 2.75) is 50.3 Å². The van der Waals surface area contributed by atoms with Crippen molar-refractivity contribution in [3.8, 4) is 0 Å². The summed E-state index contributed by atoms with van der Waals surface area (Å²) in [5, 5.41) is 1.29. The molecule has 0 saturated heterocycles. The standard InChI is InChI=1S/C16H21BrCl2/c1-10-4-6-12(13(17)8-10)16(2,3)11-5-7-14(18)15(19)9-11/h5,7,9-10,12-13H,4,6,8H2,1-3H3. The summed E-state index contributed by atoms with van der Waals surface area (Å²) in [5.41, 5.74) is 1.40. The first kappa shape index (κ1) is 15.7. The lowest BCUT2D eigenvalue weighted by Gasteiger charge is -2.42. The highest BCUT2D eigenvalue weighted by molar-refractivity contribution is 9.09. The van der Waals surface area contributed by atoms with E-state index in [0.29, 0.717) is 20.8 Å². The summed E-state index contributed by atoms with van der Waals surface area (Å²) in [6.45, 7) is 6.99. The van der Waals surface area contributed by atoms with Gasteiger partial charge in [-0.25, -0.2) is 0 Å². The Labute approximate surface area is 135 Å². The third-order valence-electron chi connectivity index (χ3n) is 4.63. The largest absolute Gasteiger partial charge is 0.0887 e. The monoisotopic (exact) mass is 362 g/mol. The average Bonchev–Trinajstić information content (AvgIpc) is 2.32. The van der Waals surface area contributed by atoms with Gasteiger partial charge in [-0.2, -0.15) is 0 Å². The van der Waals surface area contributed by atoms with Crippen LogP contribution in [0.15, 0.2) is 18.2 Å². The van der Waals surface area contributed by atoms with Crippen molar-refractivity contribution < 1.29 is 0 Å². The number of hydrogen-bond acceptors (Lipinski definition) is 0. The summed E-state index contributed by atoms with van der Waals surface area (Å²) in [7, 11) is 0. The summed E-state index contributed by atoms with van der Waals surface area (Å²) in [5.74, 6) is 1.46. The van der Waals surface area contributed by atoms with Gasteiger partial charge in [-0.1, -0.05) is 72.4 Å². The van der Waals surface area contributed by atoms with E-state index in [1.54, 1.807) is 0 Å². The molecule has 3 heteroatoms. The Kier molecular flexibility index (Phi) is 4.91. The Morgan fingerprint density at radius 3 is 2.42 bits per heavy atom. The molecule has 0 nitrogen and oxygen atoms in total. The fourth-order valence-corrected chi connectivity index (χ4v) is 5.10. The van der Waals surface area contributed by atoms with Gasteiger partial charge in [-0.05, 0) is 47.8 Å². The highest BCUT2D eigenvalue weighted by atomic mass is 79.9. The molecule has 2 rings (SSSR count). The van der Waals surface area contributed by atoms with Gasteiger partial charge in [0, 0.05) is 4.83 Å². The average molecular weight is 364 g/mol. The third-order valence-corrected chi connectivity index (χ3v) is 6.38. The zero-order valence-electron chi connectivity index (χ0n) is 11.7. The normalized spacial score (nSPS) is 28.4. The van der Waals surface area contributed by atoms with Crippen LogP contribution in [0.1, 0.15) is 45.6 Å². The van der Waals surface area contributed by atoms with Crippen molar-refractivity contribution >= 4 is 39.1 Å². The molecule has 1 aromatic carbocycles. The first-order valence-electron chi connectivity index (χ1n) is 6.92. The van der Waals surface area contributed by atoms with Crippen molar-refractivity contribution in [1.82, 2.24) is 0 Å². The quantitative estimate of drug-likeness (QED) is 0.528. The summed E-state index contributed by atoms with van der Waals surface area (Å²) in [6, 6.07) is 6.06. The molecule has 0 radical (unpaired) electrons. The van der Waals surface area contributed by atoms with Crippen LogP contribution in [0.25, 0.3) is 0 Å². The van der Waals surface area contributed by atoms with Crippen molar-refractivity contribution in [3.63, 3.8) is 0 Å². The van der Waals surface area contributed by atoms with Crippen LogP contribution in [0.3, 0.4) is 0 Å². The Morgan fingerprint density at radius 2 is 1.84 bits per heavy atom. The van der Waals surface area contributed by atoms with Crippen LogP contribution in [0.5, 0.6) is 0 Å². The van der Waals surface area contributed by atoms with E-state index in [9.17, 15) is 0 Å². The highest BCUT2D eigenvalue weighted by Crippen LogP contribution is 2.45. The summed E-state index contributed by atoms with van der Waals surface area (Å²) < 4.78 is 0. The molecule has 3 unspecified atom stereocenters. The van der Waals surface area contributed by atoms with Crippen LogP contribution in [0, 0.1) is 11.8 Å². The Bertz CT molecular complexity index is 456. The fraction of sp³-hybridized carbons (Fsp3) is 0.625. The number of alkyl halides is 1. The molecular formula is C16H21BrCl2. The first-order valence-corrected chi connectivity index (χ1v) is 8.59. The van der Waals surface area contributed by atoms with Crippen LogP contribution in [-0.2, 0) is 5.41 Å². The maximum Gasteiger partial charge on any atom is 0.0595 e. The summed E-state index contributed by atoms with van der Waals surface area (Å²) in [6.07, 6.45) is 3.84. The topological polar surface area (TPSA) is 0 Å². The minimum absolute atomic E-state index is 0.114. The van der Waals surface area contributed by atoms with Crippen LogP contribution >= 0.6 is 39.1 Å². The summed E-state index contributed by atoms with van der Waals surface area (Å²) in [4.78, 5) is 0.584. The SMILES string of the molecule is CC1CCC(C(C)(C)c2ccc(Cl)c(Cl)c2)C(Br)C1. The third kappa shape index (κ3) is 3.31. The molecule has 1 aliphatic rings. The molecule has 106 valence electrons. The molecule has 0 spiro atoms. The lowest BCUT2D eigenvalue weighted by Crippen LogP contribution is -2.38. The van der Waals surface area contributed by atoms with Gasteiger partial charge in [0.1, 0.15) is 0 Å². The lowest BCUT2D eigenvalue weighted by atomic mass is 9.66. The minimum atomic E-state index is 0.114. The molecule has 0 N–H and O–H groups in total. The van der Waals surface area contributed by atoms with E-state index in [1.165, 1.54) is 24.8 Å².